The summed E-state index contributed by atoms with van der Waals surface area (Å²) in [5.41, 5.74) is -0.126. The molecule has 0 aliphatic carbocycles. The van der Waals surface area contributed by atoms with E-state index >= 15 is 0 Å². The van der Waals surface area contributed by atoms with Gasteiger partial charge in [0.2, 0.25) is 0 Å². The highest BCUT2D eigenvalue weighted by atomic mass is 32.2. The maximum absolute atomic E-state index is 11.8. The van der Waals surface area contributed by atoms with Crippen molar-refractivity contribution in [1.82, 2.24) is 9.78 Å². The fourth-order valence-corrected chi connectivity index (χ4v) is 1.60. The Bertz CT molecular complexity index is 498. The van der Waals surface area contributed by atoms with E-state index in [9.17, 15) is 9.35 Å². The smallest absolute Gasteiger partial charge is 0.435 e. The zero-order valence-corrected chi connectivity index (χ0v) is 13.5. The van der Waals surface area contributed by atoms with Crippen LogP contribution in [0.15, 0.2) is 16.7 Å². The number of carbonyl (C=O) groups is 1. The second-order valence-corrected chi connectivity index (χ2v) is 8.20. The lowest BCUT2D eigenvalue weighted by molar-refractivity contribution is 0.0514. The zero-order chi connectivity index (χ0) is 15.6. The van der Waals surface area contributed by atoms with Crippen LogP contribution in [0.25, 0.3) is 0 Å². The van der Waals surface area contributed by atoms with Gasteiger partial charge in [-0.25, -0.2) is 4.79 Å². The molecule has 0 bridgehead atoms. The van der Waals surface area contributed by atoms with Gasteiger partial charge in [0.25, 0.3) is 0 Å². The van der Waals surface area contributed by atoms with Gasteiger partial charge in [0.1, 0.15) is 33.6 Å². The summed E-state index contributed by atoms with van der Waals surface area (Å²) in [6.45, 7) is 10.8. The summed E-state index contributed by atoms with van der Waals surface area (Å²) in [5.74, 6) is 0. The molecule has 112 valence electrons. The van der Waals surface area contributed by atoms with Gasteiger partial charge in [0.15, 0.2) is 0 Å². The second-order valence-electron chi connectivity index (χ2n) is 6.26. The van der Waals surface area contributed by atoms with Gasteiger partial charge in [-0.05, 0) is 47.6 Å². The molecule has 0 radical (unpaired) electrons. The number of rotatable bonds is 2. The molecule has 0 aliphatic rings. The molecule has 1 aromatic rings. The van der Waals surface area contributed by atoms with Crippen LogP contribution in [0.4, 0.5) is 4.79 Å². The van der Waals surface area contributed by atoms with Gasteiger partial charge in [0, 0.05) is 6.20 Å². The Labute approximate surface area is 122 Å². The average molecular weight is 299 g/mol. The van der Waals surface area contributed by atoms with Gasteiger partial charge < -0.3 is 9.29 Å². The molecular weight excluding hydrogens is 278 g/mol. The van der Waals surface area contributed by atoms with Crippen LogP contribution in [0.2, 0.25) is 0 Å². The molecule has 6 nitrogen and oxygen atoms in total. The Morgan fingerprint density at radius 3 is 2.50 bits per heavy atom. The monoisotopic (exact) mass is 299 g/mol. The fourth-order valence-electron chi connectivity index (χ4n) is 1.08. The molecule has 0 fully saturated rings. The molecule has 0 amide bonds. The van der Waals surface area contributed by atoms with Gasteiger partial charge in [-0.2, -0.15) is 9.78 Å². The van der Waals surface area contributed by atoms with E-state index in [0.29, 0.717) is 5.69 Å². The number of ether oxygens (including phenoxy) is 1. The van der Waals surface area contributed by atoms with Gasteiger partial charge in [-0.1, -0.05) is 4.40 Å². The van der Waals surface area contributed by atoms with Crippen LogP contribution < -0.4 is 0 Å². The van der Waals surface area contributed by atoms with E-state index in [-0.39, 0.29) is 0 Å². The lowest BCUT2D eigenvalue weighted by Crippen LogP contribution is -2.27. The van der Waals surface area contributed by atoms with Crippen molar-refractivity contribution in [3.05, 3.63) is 18.0 Å². The van der Waals surface area contributed by atoms with Crippen molar-refractivity contribution in [2.24, 2.45) is 4.40 Å². The van der Waals surface area contributed by atoms with Gasteiger partial charge >= 0.3 is 6.09 Å². The summed E-state index contributed by atoms with van der Waals surface area (Å²) in [7, 11) is 0. The molecule has 0 aromatic carbocycles. The van der Waals surface area contributed by atoms with Crippen molar-refractivity contribution in [3.63, 3.8) is 0 Å². The van der Waals surface area contributed by atoms with E-state index in [1.165, 1.54) is 12.4 Å². The van der Waals surface area contributed by atoms with Crippen molar-refractivity contribution >= 4 is 23.7 Å². The predicted octanol–water partition coefficient (Wildman–Crippen LogP) is 2.55. The summed E-state index contributed by atoms with van der Waals surface area (Å²) < 4.78 is 21.5. The van der Waals surface area contributed by atoms with E-state index < -0.39 is 27.8 Å². The van der Waals surface area contributed by atoms with Crippen LogP contribution in [0.5, 0.6) is 0 Å². The molecule has 0 saturated heterocycles. The Morgan fingerprint density at radius 2 is 2.00 bits per heavy atom. The summed E-state index contributed by atoms with van der Waals surface area (Å²) in [5, 5.41) is 4.01. The van der Waals surface area contributed by atoms with Gasteiger partial charge in [-0.3, -0.25) is 0 Å². The lowest BCUT2D eigenvalue weighted by atomic mass is 10.2. The number of aromatic nitrogens is 2. The van der Waals surface area contributed by atoms with E-state index in [1.807, 2.05) is 20.8 Å². The molecular formula is C13H21N3O3S. The molecule has 0 aliphatic heterocycles. The third kappa shape index (κ3) is 5.34. The normalized spacial score (nSPS) is 14.6. The molecule has 1 rings (SSSR count). The molecule has 0 saturated carbocycles. The first kappa shape index (κ1) is 16.7. The SMILES string of the molecule is CC(C)(C)OC(=O)n1ccc(/C=N/[S+]([O-])C(C)(C)C)n1. The lowest BCUT2D eigenvalue weighted by Gasteiger charge is -2.18. The second kappa shape index (κ2) is 5.97. The van der Waals surface area contributed by atoms with E-state index in [0.717, 1.165) is 4.68 Å². The van der Waals surface area contributed by atoms with E-state index in [4.69, 9.17) is 4.74 Å². The standard InChI is InChI=1S/C13H21N3O3S/c1-12(2,3)19-11(17)16-8-7-10(15-16)9-14-20(18)13(4,5)6/h7-9H,1-6H3/b14-9+. The molecule has 0 spiro atoms. The maximum Gasteiger partial charge on any atom is 0.435 e. The summed E-state index contributed by atoms with van der Waals surface area (Å²) in [6, 6.07) is 1.60. The predicted molar refractivity (Wildman–Crippen MR) is 79.3 cm³/mol. The fraction of sp³-hybridized carbons (Fsp3) is 0.615. The minimum Gasteiger partial charge on any atom is -0.591 e. The van der Waals surface area contributed by atoms with Crippen LogP contribution >= 0.6 is 0 Å². The Balaban J connectivity index is 2.73. The van der Waals surface area contributed by atoms with Crippen molar-refractivity contribution in [2.75, 3.05) is 0 Å². The van der Waals surface area contributed by atoms with E-state index in [2.05, 4.69) is 9.50 Å². The Morgan fingerprint density at radius 1 is 1.40 bits per heavy atom. The van der Waals surface area contributed by atoms with Crippen LogP contribution in [0.3, 0.4) is 0 Å². The van der Waals surface area contributed by atoms with Crippen LogP contribution in [0, 0.1) is 0 Å². The first-order valence-electron chi connectivity index (χ1n) is 6.24. The third-order valence-corrected chi connectivity index (χ3v) is 3.34. The van der Waals surface area contributed by atoms with Crippen LogP contribution in [-0.4, -0.2) is 37.0 Å². The molecule has 1 aromatic heterocycles. The summed E-state index contributed by atoms with van der Waals surface area (Å²) in [4.78, 5) is 11.7. The number of hydrogen-bond acceptors (Lipinski definition) is 5. The molecule has 20 heavy (non-hydrogen) atoms. The summed E-state index contributed by atoms with van der Waals surface area (Å²) in [6.07, 6.45) is 2.31. The highest BCUT2D eigenvalue weighted by Gasteiger charge is 2.26. The number of nitrogens with zero attached hydrogens (tertiary/aromatic N) is 3. The van der Waals surface area contributed by atoms with Gasteiger partial charge in [-0.15, -0.1) is 0 Å². The quantitative estimate of drug-likeness (QED) is 0.621. The number of hydrogen-bond donors (Lipinski definition) is 0. The highest BCUT2D eigenvalue weighted by Crippen LogP contribution is 2.16. The number of carbonyl (C=O) groups excluding carboxylic acids is 1. The first-order chi connectivity index (χ1) is 8.99. The van der Waals surface area contributed by atoms with E-state index in [1.54, 1.807) is 26.8 Å². The summed E-state index contributed by atoms with van der Waals surface area (Å²) >= 11 is -1.35. The Kier molecular flexibility index (Phi) is 4.99. The van der Waals surface area contributed by atoms with Crippen molar-refractivity contribution in [2.45, 2.75) is 51.9 Å². The van der Waals surface area contributed by atoms with Crippen LogP contribution in [0.1, 0.15) is 47.2 Å². The largest absolute Gasteiger partial charge is 0.591 e. The van der Waals surface area contributed by atoms with Crippen molar-refractivity contribution < 1.29 is 14.1 Å². The highest BCUT2D eigenvalue weighted by molar-refractivity contribution is 7.91. The molecule has 1 atom stereocenters. The first-order valence-corrected chi connectivity index (χ1v) is 7.35. The van der Waals surface area contributed by atoms with Crippen LogP contribution in [-0.2, 0) is 16.1 Å². The molecule has 7 heteroatoms. The zero-order valence-electron chi connectivity index (χ0n) is 12.7. The maximum atomic E-state index is 11.8. The average Bonchev–Trinajstić information content (AvgIpc) is 2.70. The minimum absolute atomic E-state index is 0.426. The molecule has 1 heterocycles. The topological polar surface area (TPSA) is 79.5 Å². The molecule has 0 N–H and O–H groups in total. The van der Waals surface area contributed by atoms with Gasteiger partial charge in [0.05, 0.1) is 0 Å². The molecule has 1 unspecified atom stereocenters. The third-order valence-electron chi connectivity index (χ3n) is 1.99. The Hall–Kier alpha value is -1.34. The minimum atomic E-state index is -1.35. The van der Waals surface area contributed by atoms with Crippen molar-refractivity contribution in [3.8, 4) is 0 Å². The van der Waals surface area contributed by atoms with Crippen molar-refractivity contribution in [1.29, 1.82) is 0 Å².